The highest BCUT2D eigenvalue weighted by Crippen LogP contribution is 2.20. The molecule has 0 aliphatic carbocycles. The summed E-state index contributed by atoms with van der Waals surface area (Å²) >= 11 is 0. The van der Waals surface area contributed by atoms with Gasteiger partial charge in [-0.15, -0.1) is 0 Å². The molecule has 1 aliphatic rings. The molecule has 1 aromatic rings. The molecular weight excluding hydrogens is 252 g/mol. The maximum absolute atomic E-state index is 12.0. The molecule has 1 saturated heterocycles. The Bertz CT molecular complexity index is 459. The standard InChI is InChI=1S/C12H16N2O5/c1-7(10-3-2-4-19-10)13-12(18)14-6-8(15)5-9(14)11(16)17/h2-4,7-9,15H,5-6H2,1H3,(H,13,18)(H,16,17)/t7?,8?,9-/m0/s1. The lowest BCUT2D eigenvalue weighted by Crippen LogP contribution is -2.46. The average Bonchev–Trinajstić information content (AvgIpc) is 2.96. The molecule has 1 fully saturated rings. The van der Waals surface area contributed by atoms with E-state index >= 15 is 0 Å². The summed E-state index contributed by atoms with van der Waals surface area (Å²) in [6.07, 6.45) is 0.751. The van der Waals surface area contributed by atoms with Crippen LogP contribution in [-0.4, -0.2) is 45.8 Å². The smallest absolute Gasteiger partial charge is 0.326 e. The average molecular weight is 268 g/mol. The first-order valence-corrected chi connectivity index (χ1v) is 6.00. The number of hydrogen-bond acceptors (Lipinski definition) is 4. The number of hydrogen-bond donors (Lipinski definition) is 3. The highest BCUT2D eigenvalue weighted by molar-refractivity contribution is 5.83. The predicted molar refractivity (Wildman–Crippen MR) is 64.4 cm³/mol. The highest BCUT2D eigenvalue weighted by atomic mass is 16.4. The molecule has 7 heteroatoms. The maximum Gasteiger partial charge on any atom is 0.326 e. The number of carboxylic acid groups (broad SMARTS) is 1. The third-order valence-electron chi connectivity index (χ3n) is 3.13. The molecule has 3 atom stereocenters. The van der Waals surface area contributed by atoms with Crippen molar-refractivity contribution < 1.29 is 24.2 Å². The van der Waals surface area contributed by atoms with Gasteiger partial charge in [0, 0.05) is 13.0 Å². The maximum atomic E-state index is 12.0. The number of aliphatic carboxylic acids is 1. The Labute approximate surface area is 109 Å². The largest absolute Gasteiger partial charge is 0.480 e. The summed E-state index contributed by atoms with van der Waals surface area (Å²) in [4.78, 5) is 24.2. The fraction of sp³-hybridized carbons (Fsp3) is 0.500. The Morgan fingerprint density at radius 3 is 2.89 bits per heavy atom. The number of nitrogens with one attached hydrogen (secondary N) is 1. The second kappa shape index (κ2) is 5.31. The van der Waals surface area contributed by atoms with Crippen molar-refractivity contribution in [3.8, 4) is 0 Å². The number of furan rings is 1. The van der Waals surface area contributed by atoms with E-state index in [4.69, 9.17) is 9.52 Å². The number of carbonyl (C=O) groups excluding carboxylic acids is 1. The van der Waals surface area contributed by atoms with Crippen molar-refractivity contribution in [2.75, 3.05) is 6.54 Å². The van der Waals surface area contributed by atoms with E-state index in [1.54, 1.807) is 19.1 Å². The lowest BCUT2D eigenvalue weighted by Gasteiger charge is -2.23. The molecule has 0 saturated carbocycles. The minimum atomic E-state index is -1.11. The van der Waals surface area contributed by atoms with Gasteiger partial charge in [-0.05, 0) is 19.1 Å². The number of likely N-dealkylation sites (tertiary alicyclic amines) is 1. The number of β-amino-alcohol motifs (C(OH)–C–C–N with tert-alkyl or cyclic N) is 1. The number of aliphatic hydroxyl groups is 1. The van der Waals surface area contributed by atoms with Crippen LogP contribution in [0.25, 0.3) is 0 Å². The molecule has 2 heterocycles. The molecular formula is C12H16N2O5. The summed E-state index contributed by atoms with van der Waals surface area (Å²) in [7, 11) is 0. The highest BCUT2D eigenvalue weighted by Gasteiger charge is 2.39. The molecule has 0 bridgehead atoms. The van der Waals surface area contributed by atoms with Crippen LogP contribution in [0, 0.1) is 0 Å². The van der Waals surface area contributed by atoms with Crippen LogP contribution in [0.15, 0.2) is 22.8 Å². The van der Waals surface area contributed by atoms with Crippen molar-refractivity contribution in [1.82, 2.24) is 10.2 Å². The lowest BCUT2D eigenvalue weighted by atomic mass is 10.2. The van der Waals surface area contributed by atoms with E-state index in [-0.39, 0.29) is 19.0 Å². The topological polar surface area (TPSA) is 103 Å². The van der Waals surface area contributed by atoms with Gasteiger partial charge < -0.3 is 24.8 Å². The minimum Gasteiger partial charge on any atom is -0.480 e. The first-order chi connectivity index (χ1) is 8.99. The van der Waals surface area contributed by atoms with Crippen molar-refractivity contribution in [1.29, 1.82) is 0 Å². The van der Waals surface area contributed by atoms with Crippen LogP contribution in [0.1, 0.15) is 25.1 Å². The zero-order valence-corrected chi connectivity index (χ0v) is 10.4. The summed E-state index contributed by atoms with van der Waals surface area (Å²) in [6.45, 7) is 1.76. The summed E-state index contributed by atoms with van der Waals surface area (Å²) in [5.74, 6) is -0.530. The monoisotopic (exact) mass is 268 g/mol. The molecule has 7 nitrogen and oxygen atoms in total. The third kappa shape index (κ3) is 2.87. The predicted octanol–water partition coefficient (Wildman–Crippen LogP) is 0.570. The van der Waals surface area contributed by atoms with E-state index in [2.05, 4.69) is 5.32 Å². The molecule has 19 heavy (non-hydrogen) atoms. The Hall–Kier alpha value is -2.02. The fourth-order valence-electron chi connectivity index (χ4n) is 2.15. The molecule has 1 aromatic heterocycles. The van der Waals surface area contributed by atoms with Crippen molar-refractivity contribution in [2.45, 2.75) is 31.5 Å². The molecule has 3 N–H and O–H groups in total. The fourth-order valence-corrected chi connectivity index (χ4v) is 2.15. The van der Waals surface area contributed by atoms with E-state index in [0.29, 0.717) is 5.76 Å². The summed E-state index contributed by atoms with van der Waals surface area (Å²) in [6, 6.07) is 1.55. The minimum absolute atomic E-state index is 0.0215. The summed E-state index contributed by atoms with van der Waals surface area (Å²) in [5, 5.41) is 21.1. The van der Waals surface area contributed by atoms with Crippen molar-refractivity contribution in [3.05, 3.63) is 24.2 Å². The van der Waals surface area contributed by atoms with Crippen LogP contribution in [0.3, 0.4) is 0 Å². The normalized spacial score (nSPS) is 24.2. The number of aliphatic hydroxyl groups excluding tert-OH is 1. The quantitative estimate of drug-likeness (QED) is 0.743. The van der Waals surface area contributed by atoms with Crippen LogP contribution in [0.4, 0.5) is 4.79 Å². The first-order valence-electron chi connectivity index (χ1n) is 6.00. The molecule has 2 amide bonds. The van der Waals surface area contributed by atoms with E-state index in [1.165, 1.54) is 6.26 Å². The van der Waals surface area contributed by atoms with E-state index in [0.717, 1.165) is 4.90 Å². The Balaban J connectivity index is 2.01. The zero-order chi connectivity index (χ0) is 14.0. The number of carboxylic acids is 1. The number of carbonyl (C=O) groups is 2. The number of urea groups is 1. The first kappa shape index (κ1) is 13.4. The van der Waals surface area contributed by atoms with Gasteiger partial charge in [-0.2, -0.15) is 0 Å². The van der Waals surface area contributed by atoms with Crippen molar-refractivity contribution >= 4 is 12.0 Å². The van der Waals surface area contributed by atoms with Gasteiger partial charge in [0.25, 0.3) is 0 Å². The third-order valence-corrected chi connectivity index (χ3v) is 3.13. The molecule has 2 unspecified atom stereocenters. The zero-order valence-electron chi connectivity index (χ0n) is 10.4. The Morgan fingerprint density at radius 2 is 2.32 bits per heavy atom. The molecule has 0 radical (unpaired) electrons. The molecule has 104 valence electrons. The van der Waals surface area contributed by atoms with E-state index in [1.807, 2.05) is 0 Å². The van der Waals surface area contributed by atoms with Crippen molar-refractivity contribution in [3.63, 3.8) is 0 Å². The van der Waals surface area contributed by atoms with Crippen LogP contribution < -0.4 is 5.32 Å². The summed E-state index contributed by atoms with van der Waals surface area (Å²) < 4.78 is 5.16. The van der Waals surface area contributed by atoms with Gasteiger partial charge in [0.1, 0.15) is 11.8 Å². The second-order valence-corrected chi connectivity index (χ2v) is 4.58. The van der Waals surface area contributed by atoms with Crippen LogP contribution in [-0.2, 0) is 4.79 Å². The Morgan fingerprint density at radius 1 is 1.58 bits per heavy atom. The number of rotatable bonds is 3. The Kier molecular flexibility index (Phi) is 3.75. The second-order valence-electron chi connectivity index (χ2n) is 4.58. The molecule has 2 rings (SSSR count). The van der Waals surface area contributed by atoms with Crippen LogP contribution in [0.2, 0.25) is 0 Å². The van der Waals surface area contributed by atoms with Crippen molar-refractivity contribution in [2.24, 2.45) is 0 Å². The van der Waals surface area contributed by atoms with Gasteiger partial charge in [0.2, 0.25) is 0 Å². The van der Waals surface area contributed by atoms with Gasteiger partial charge in [-0.3, -0.25) is 0 Å². The van der Waals surface area contributed by atoms with Gasteiger partial charge >= 0.3 is 12.0 Å². The van der Waals surface area contributed by atoms with E-state index in [9.17, 15) is 14.7 Å². The van der Waals surface area contributed by atoms with Gasteiger partial charge in [-0.25, -0.2) is 9.59 Å². The van der Waals surface area contributed by atoms with Gasteiger partial charge in [0.15, 0.2) is 0 Å². The van der Waals surface area contributed by atoms with Crippen LogP contribution >= 0.6 is 0 Å². The molecule has 1 aliphatic heterocycles. The molecule has 0 aromatic carbocycles. The molecule has 0 spiro atoms. The van der Waals surface area contributed by atoms with Gasteiger partial charge in [-0.1, -0.05) is 0 Å². The van der Waals surface area contributed by atoms with E-state index < -0.39 is 24.1 Å². The van der Waals surface area contributed by atoms with Crippen LogP contribution in [0.5, 0.6) is 0 Å². The summed E-state index contributed by atoms with van der Waals surface area (Å²) in [5.41, 5.74) is 0. The lowest BCUT2D eigenvalue weighted by molar-refractivity contribution is -0.141. The van der Waals surface area contributed by atoms with Gasteiger partial charge in [0.05, 0.1) is 18.4 Å². The number of amides is 2. The SMILES string of the molecule is CC(NC(=O)N1CC(O)C[C@H]1C(=O)O)c1ccco1. The number of nitrogens with zero attached hydrogens (tertiary/aromatic N) is 1.